The molecule has 2 N–H and O–H groups in total. The summed E-state index contributed by atoms with van der Waals surface area (Å²) in [6.45, 7) is 4.49. The van der Waals surface area contributed by atoms with Gasteiger partial charge in [0.15, 0.2) is 5.69 Å². The number of aromatic hydroxyl groups is 1. The molecule has 2 aromatic rings. The van der Waals surface area contributed by atoms with Crippen LogP contribution in [0.4, 0.5) is 4.39 Å². The number of carbonyl (C=O) groups is 1. The van der Waals surface area contributed by atoms with Crippen LogP contribution in [-0.2, 0) is 19.6 Å². The lowest BCUT2D eigenvalue weighted by Gasteiger charge is -2.54. The van der Waals surface area contributed by atoms with Crippen LogP contribution in [0, 0.1) is 5.82 Å². The largest absolute Gasteiger partial charge is 0.501 e. The fraction of sp³-hybridized carbons (Fsp3) is 0.577. The van der Waals surface area contributed by atoms with Gasteiger partial charge in [0.05, 0.1) is 26.7 Å². The molecule has 1 aliphatic carbocycles. The zero-order valence-electron chi connectivity index (χ0n) is 20.8. The van der Waals surface area contributed by atoms with Crippen molar-refractivity contribution in [2.75, 3.05) is 39.8 Å². The van der Waals surface area contributed by atoms with E-state index in [2.05, 4.69) is 12.4 Å². The minimum Gasteiger partial charge on any atom is -0.501 e. The number of hydrogen-bond acceptors (Lipinski definition) is 5. The van der Waals surface area contributed by atoms with E-state index in [-0.39, 0.29) is 43.2 Å². The maximum atomic E-state index is 13.6. The van der Waals surface area contributed by atoms with Gasteiger partial charge in [0, 0.05) is 45.6 Å². The molecular formula is C26H35FN5O4+. The Balaban J connectivity index is 1.50. The van der Waals surface area contributed by atoms with E-state index in [0.717, 1.165) is 68.3 Å². The lowest BCUT2D eigenvalue weighted by molar-refractivity contribution is -0.963. The zero-order valence-corrected chi connectivity index (χ0v) is 20.8. The molecule has 3 aliphatic rings. The third-order valence-electron chi connectivity index (χ3n) is 8.72. The highest BCUT2D eigenvalue weighted by Gasteiger charge is 2.50. The maximum absolute atomic E-state index is 13.6. The van der Waals surface area contributed by atoms with Crippen molar-refractivity contribution < 1.29 is 18.8 Å². The molecule has 0 bridgehead atoms. The molecule has 2 fully saturated rings. The molecule has 0 spiro atoms. The first-order valence-corrected chi connectivity index (χ1v) is 12.9. The van der Waals surface area contributed by atoms with Gasteiger partial charge in [0.2, 0.25) is 5.75 Å². The number of amides is 1. The minimum atomic E-state index is -0.796. The molecule has 1 amide bonds. The number of fused-ring (bicyclic) bond motifs is 1. The minimum absolute atomic E-state index is 0.179. The summed E-state index contributed by atoms with van der Waals surface area (Å²) in [7, 11) is 2.23. The second-order valence-electron chi connectivity index (χ2n) is 10.8. The Morgan fingerprint density at radius 1 is 1.03 bits per heavy atom. The summed E-state index contributed by atoms with van der Waals surface area (Å²) >= 11 is 0. The lowest BCUT2D eigenvalue weighted by atomic mass is 9.77. The molecule has 5 rings (SSSR count). The van der Waals surface area contributed by atoms with Crippen LogP contribution < -0.4 is 16.6 Å². The Hall–Kier alpha value is -2.98. The number of nitrogens with one attached hydrogen (secondary N) is 1. The molecule has 1 saturated heterocycles. The van der Waals surface area contributed by atoms with Gasteiger partial charge in [-0.2, -0.15) is 0 Å². The Morgan fingerprint density at radius 3 is 2.36 bits per heavy atom. The summed E-state index contributed by atoms with van der Waals surface area (Å²) in [5, 5.41) is 14.3. The molecule has 194 valence electrons. The molecule has 1 aromatic heterocycles. The first-order chi connectivity index (χ1) is 17.2. The highest BCUT2D eigenvalue weighted by atomic mass is 19.1. The van der Waals surface area contributed by atoms with Crippen LogP contribution in [0.25, 0.3) is 0 Å². The van der Waals surface area contributed by atoms with Crippen molar-refractivity contribution in [3.05, 3.63) is 62.2 Å². The van der Waals surface area contributed by atoms with E-state index < -0.39 is 22.9 Å². The third kappa shape index (κ3) is 4.16. The van der Waals surface area contributed by atoms with Gasteiger partial charge in [-0.1, -0.05) is 18.6 Å². The molecule has 2 aliphatic heterocycles. The standard InChI is InChI=1S/C26H34FN5O4/c1-32(15-11-28-12-16-32)26(9-3-2-4-10-26)18-31-24(35)22(33)21-23(34)29(13-14-30(21)25(31)36)17-19-5-7-20(27)8-6-19/h5-8,28H,2-4,9-18H2,1H3/p+1. The van der Waals surface area contributed by atoms with Gasteiger partial charge in [0.25, 0.3) is 11.5 Å². The number of carbonyl (C=O) groups excluding carboxylic acids is 1. The Kier molecular flexibility index (Phi) is 6.50. The predicted octanol–water partition coefficient (Wildman–Crippen LogP) is 1.26. The molecule has 0 radical (unpaired) electrons. The SMILES string of the molecule is C[N+]1(C2(Cn3c(=O)c(O)c4n(c3=O)CCN(Cc3ccc(F)cc3)C4=O)CCCCC2)CCNCC1. The number of quaternary nitrogens is 1. The fourth-order valence-corrected chi connectivity index (χ4v) is 6.42. The van der Waals surface area contributed by atoms with Crippen LogP contribution in [0.1, 0.15) is 48.2 Å². The van der Waals surface area contributed by atoms with Crippen molar-refractivity contribution in [2.24, 2.45) is 0 Å². The summed E-state index contributed by atoms with van der Waals surface area (Å²) in [5.74, 6) is -1.61. The van der Waals surface area contributed by atoms with Crippen LogP contribution >= 0.6 is 0 Å². The molecular weight excluding hydrogens is 465 g/mol. The van der Waals surface area contributed by atoms with Crippen LogP contribution in [0.15, 0.2) is 33.9 Å². The van der Waals surface area contributed by atoms with Crippen LogP contribution in [0.5, 0.6) is 5.75 Å². The first kappa shape index (κ1) is 24.7. The molecule has 0 unspecified atom stereocenters. The number of benzene rings is 1. The van der Waals surface area contributed by atoms with Crippen molar-refractivity contribution in [1.29, 1.82) is 0 Å². The topological polar surface area (TPSA) is 96.6 Å². The van der Waals surface area contributed by atoms with Crippen molar-refractivity contribution in [3.63, 3.8) is 0 Å². The van der Waals surface area contributed by atoms with E-state index in [1.54, 1.807) is 12.1 Å². The van der Waals surface area contributed by atoms with Gasteiger partial charge in [-0.15, -0.1) is 0 Å². The van der Waals surface area contributed by atoms with Crippen LogP contribution in [0.2, 0.25) is 0 Å². The summed E-state index contributed by atoms with van der Waals surface area (Å²) in [5.41, 5.74) is -1.13. The number of rotatable bonds is 5. The predicted molar refractivity (Wildman–Crippen MR) is 132 cm³/mol. The second-order valence-corrected chi connectivity index (χ2v) is 10.8. The number of halogens is 1. The maximum Gasteiger partial charge on any atom is 0.332 e. The van der Waals surface area contributed by atoms with E-state index in [1.165, 1.54) is 26.2 Å². The van der Waals surface area contributed by atoms with Crippen molar-refractivity contribution in [3.8, 4) is 5.75 Å². The Bertz CT molecular complexity index is 1260. The summed E-state index contributed by atoms with van der Waals surface area (Å²) < 4.78 is 16.5. The summed E-state index contributed by atoms with van der Waals surface area (Å²) in [4.78, 5) is 41.7. The second kappa shape index (κ2) is 9.48. The highest BCUT2D eigenvalue weighted by molar-refractivity contribution is 5.95. The molecule has 0 atom stereocenters. The molecule has 36 heavy (non-hydrogen) atoms. The zero-order chi connectivity index (χ0) is 25.5. The van der Waals surface area contributed by atoms with E-state index in [0.29, 0.717) is 0 Å². The molecule has 1 aromatic carbocycles. The first-order valence-electron chi connectivity index (χ1n) is 12.9. The molecule has 1 saturated carbocycles. The normalized spacial score (nSPS) is 21.3. The lowest BCUT2D eigenvalue weighted by Crippen LogP contribution is -2.70. The van der Waals surface area contributed by atoms with Crippen molar-refractivity contribution in [1.82, 2.24) is 19.4 Å². The number of nitrogens with zero attached hydrogens (tertiary/aromatic N) is 4. The van der Waals surface area contributed by atoms with E-state index in [9.17, 15) is 23.9 Å². The van der Waals surface area contributed by atoms with E-state index >= 15 is 0 Å². The van der Waals surface area contributed by atoms with Gasteiger partial charge in [-0.3, -0.25) is 18.7 Å². The number of piperazine rings is 1. The Labute approximate surface area is 209 Å². The van der Waals surface area contributed by atoms with Gasteiger partial charge < -0.3 is 19.8 Å². The summed E-state index contributed by atoms with van der Waals surface area (Å²) in [6.07, 6.45) is 5.07. The third-order valence-corrected chi connectivity index (χ3v) is 8.72. The van der Waals surface area contributed by atoms with Crippen molar-refractivity contribution >= 4 is 5.91 Å². The van der Waals surface area contributed by atoms with Gasteiger partial charge in [0.1, 0.15) is 11.4 Å². The Morgan fingerprint density at radius 2 is 1.69 bits per heavy atom. The monoisotopic (exact) mass is 500 g/mol. The number of likely N-dealkylation sites (N-methyl/N-ethyl adjacent to an activating group) is 1. The molecule has 9 nitrogen and oxygen atoms in total. The number of hydrogen-bond donors (Lipinski definition) is 2. The van der Waals surface area contributed by atoms with Gasteiger partial charge in [-0.25, -0.2) is 9.18 Å². The van der Waals surface area contributed by atoms with Crippen LogP contribution in [0.3, 0.4) is 0 Å². The molecule has 10 heteroatoms. The van der Waals surface area contributed by atoms with Crippen molar-refractivity contribution in [2.45, 2.75) is 57.3 Å². The fourth-order valence-electron chi connectivity index (χ4n) is 6.42. The van der Waals surface area contributed by atoms with E-state index in [4.69, 9.17) is 0 Å². The quantitative estimate of drug-likeness (QED) is 0.603. The summed E-state index contributed by atoms with van der Waals surface area (Å²) in [6, 6.07) is 5.82. The molecule has 3 heterocycles. The van der Waals surface area contributed by atoms with Gasteiger partial charge >= 0.3 is 5.69 Å². The van der Waals surface area contributed by atoms with Gasteiger partial charge in [-0.05, 0) is 30.5 Å². The highest BCUT2D eigenvalue weighted by Crippen LogP contribution is 2.39. The number of aromatic nitrogens is 2. The van der Waals surface area contributed by atoms with Crippen LogP contribution in [-0.4, -0.2) is 74.8 Å². The average molecular weight is 501 g/mol. The smallest absolute Gasteiger partial charge is 0.332 e. The van der Waals surface area contributed by atoms with E-state index in [1.807, 2.05) is 0 Å². The average Bonchev–Trinajstić information content (AvgIpc) is 2.88.